The number of carbonyl (C=O) groups excluding carboxylic acids is 2. The molecule has 1 aromatic carbocycles. The van der Waals surface area contributed by atoms with Gasteiger partial charge in [0.05, 0.1) is 12.1 Å². The molecular formula is C22H31N5O3. The van der Waals surface area contributed by atoms with E-state index in [9.17, 15) is 9.59 Å². The highest BCUT2D eigenvalue weighted by molar-refractivity contribution is 6.08. The highest BCUT2D eigenvalue weighted by Gasteiger charge is 2.44. The van der Waals surface area contributed by atoms with Gasteiger partial charge in [-0.05, 0) is 46.3 Å². The van der Waals surface area contributed by atoms with Crippen molar-refractivity contribution >= 4 is 17.8 Å². The van der Waals surface area contributed by atoms with Crippen LogP contribution in [0.15, 0.2) is 41.6 Å². The number of nitrogens with zero attached hydrogens (tertiary/aromatic N) is 2. The van der Waals surface area contributed by atoms with Gasteiger partial charge < -0.3 is 20.7 Å². The normalized spacial score (nSPS) is 19.0. The average Bonchev–Trinajstić information content (AvgIpc) is 3.49. The lowest BCUT2D eigenvalue weighted by Gasteiger charge is -2.34. The largest absolute Gasteiger partial charge is 0.440 e. The van der Waals surface area contributed by atoms with Gasteiger partial charge in [-0.3, -0.25) is 15.1 Å². The molecule has 1 atom stereocenters. The molecule has 0 unspecified atom stereocenters. The first-order valence-corrected chi connectivity index (χ1v) is 10.2. The Kier molecular flexibility index (Phi) is 6.17. The van der Waals surface area contributed by atoms with Crippen LogP contribution in [0.1, 0.15) is 38.4 Å². The standard InChI is InChI=1S/C22H31N5O3/c1-22(2)18(23)16(19(24)25-20(28)15-10-11-15)12-27(22)21(29)30-17(13-26(3)4)14-8-6-5-7-9-14/h5-9,15,17H,10-13,23H2,1-4H3,(H2,24,25,28)/t17-/m1/s1. The minimum Gasteiger partial charge on any atom is -0.440 e. The summed E-state index contributed by atoms with van der Waals surface area (Å²) in [6.45, 7) is 4.28. The predicted octanol–water partition coefficient (Wildman–Crippen LogP) is 2.24. The topological polar surface area (TPSA) is 112 Å². The van der Waals surface area contributed by atoms with Crippen LogP contribution in [-0.2, 0) is 9.53 Å². The van der Waals surface area contributed by atoms with E-state index in [2.05, 4.69) is 5.32 Å². The summed E-state index contributed by atoms with van der Waals surface area (Å²) in [6, 6.07) is 9.59. The van der Waals surface area contributed by atoms with Crippen molar-refractivity contribution < 1.29 is 14.3 Å². The van der Waals surface area contributed by atoms with Crippen LogP contribution in [0.4, 0.5) is 4.79 Å². The monoisotopic (exact) mass is 413 g/mol. The molecule has 2 aliphatic rings. The second kappa shape index (κ2) is 8.47. The summed E-state index contributed by atoms with van der Waals surface area (Å²) in [5.74, 6) is -0.213. The molecule has 0 saturated heterocycles. The molecule has 1 aliphatic carbocycles. The summed E-state index contributed by atoms with van der Waals surface area (Å²) >= 11 is 0. The van der Waals surface area contributed by atoms with Gasteiger partial charge in [-0.1, -0.05) is 30.3 Å². The number of amides is 2. The van der Waals surface area contributed by atoms with Crippen molar-refractivity contribution in [3.05, 3.63) is 47.2 Å². The first-order chi connectivity index (χ1) is 14.1. The average molecular weight is 414 g/mol. The zero-order valence-corrected chi connectivity index (χ0v) is 18.1. The number of nitrogens with one attached hydrogen (secondary N) is 2. The van der Waals surface area contributed by atoms with E-state index < -0.39 is 17.7 Å². The SMILES string of the molecule is CN(C)C[C@@H](OC(=O)N1CC(C(=N)NC(=O)C2CC2)=C(N)C1(C)C)c1ccccc1. The molecule has 0 radical (unpaired) electrons. The van der Waals surface area contributed by atoms with Crippen LogP contribution in [0, 0.1) is 11.3 Å². The Labute approximate surface area is 177 Å². The number of likely N-dealkylation sites (N-methyl/N-ethyl adjacent to an activating group) is 1. The molecule has 1 heterocycles. The van der Waals surface area contributed by atoms with Crippen LogP contribution >= 0.6 is 0 Å². The van der Waals surface area contributed by atoms with Crippen molar-refractivity contribution in [3.8, 4) is 0 Å². The number of nitrogens with two attached hydrogens (primary N) is 1. The minimum absolute atomic E-state index is 0.0136. The maximum Gasteiger partial charge on any atom is 0.411 e. The van der Waals surface area contributed by atoms with Gasteiger partial charge in [0.15, 0.2) is 0 Å². The van der Waals surface area contributed by atoms with Gasteiger partial charge in [-0.15, -0.1) is 0 Å². The number of hydrogen-bond acceptors (Lipinski definition) is 6. The van der Waals surface area contributed by atoms with Crippen LogP contribution in [0.2, 0.25) is 0 Å². The summed E-state index contributed by atoms with van der Waals surface area (Å²) in [6.07, 6.45) is 0.757. The number of amidine groups is 1. The smallest absolute Gasteiger partial charge is 0.411 e. The molecular weight excluding hydrogens is 382 g/mol. The highest BCUT2D eigenvalue weighted by atomic mass is 16.6. The van der Waals surface area contributed by atoms with Crippen molar-refractivity contribution in [2.24, 2.45) is 11.7 Å². The van der Waals surface area contributed by atoms with Crippen LogP contribution in [0.5, 0.6) is 0 Å². The number of carbonyl (C=O) groups is 2. The van der Waals surface area contributed by atoms with Gasteiger partial charge in [0.2, 0.25) is 5.91 Å². The van der Waals surface area contributed by atoms with Crippen molar-refractivity contribution in [3.63, 3.8) is 0 Å². The van der Waals surface area contributed by atoms with E-state index in [1.54, 1.807) is 0 Å². The Hall–Kier alpha value is -2.87. The van der Waals surface area contributed by atoms with Crippen LogP contribution in [-0.4, -0.2) is 60.4 Å². The molecule has 1 fully saturated rings. The van der Waals surface area contributed by atoms with E-state index in [-0.39, 0.29) is 24.2 Å². The Morgan fingerprint density at radius 3 is 2.50 bits per heavy atom. The number of ether oxygens (including phenoxy) is 1. The van der Waals surface area contributed by atoms with Crippen LogP contribution in [0.25, 0.3) is 0 Å². The molecule has 0 bridgehead atoms. The van der Waals surface area contributed by atoms with Gasteiger partial charge in [0, 0.05) is 23.7 Å². The van der Waals surface area contributed by atoms with E-state index in [1.807, 2.05) is 63.2 Å². The van der Waals surface area contributed by atoms with Crippen LogP contribution in [0.3, 0.4) is 0 Å². The lowest BCUT2D eigenvalue weighted by atomic mass is 10.0. The molecule has 0 spiro atoms. The highest BCUT2D eigenvalue weighted by Crippen LogP contribution is 2.34. The molecule has 4 N–H and O–H groups in total. The molecule has 2 amide bonds. The number of hydrogen-bond donors (Lipinski definition) is 3. The molecule has 30 heavy (non-hydrogen) atoms. The molecule has 0 aromatic heterocycles. The Balaban J connectivity index is 1.73. The predicted molar refractivity (Wildman–Crippen MR) is 115 cm³/mol. The molecule has 162 valence electrons. The molecule has 8 heteroatoms. The molecule has 1 aromatic rings. The lowest BCUT2D eigenvalue weighted by Crippen LogP contribution is -2.47. The van der Waals surface area contributed by atoms with Crippen molar-refractivity contribution in [2.75, 3.05) is 27.2 Å². The summed E-state index contributed by atoms with van der Waals surface area (Å²) in [5, 5.41) is 10.9. The third-order valence-electron chi connectivity index (χ3n) is 5.64. The fraction of sp³-hybridized carbons (Fsp3) is 0.500. The Bertz CT molecular complexity index is 859. The van der Waals surface area contributed by atoms with E-state index in [0.717, 1.165) is 18.4 Å². The summed E-state index contributed by atoms with van der Waals surface area (Å²) in [4.78, 5) is 28.6. The third kappa shape index (κ3) is 4.64. The van der Waals surface area contributed by atoms with Gasteiger partial charge in [-0.2, -0.15) is 0 Å². The fourth-order valence-corrected chi connectivity index (χ4v) is 3.50. The fourth-order valence-electron chi connectivity index (χ4n) is 3.50. The van der Waals surface area contributed by atoms with Crippen molar-refractivity contribution in [1.82, 2.24) is 15.1 Å². The van der Waals surface area contributed by atoms with Gasteiger partial charge in [0.1, 0.15) is 11.9 Å². The molecule has 8 nitrogen and oxygen atoms in total. The Morgan fingerprint density at radius 1 is 1.30 bits per heavy atom. The third-order valence-corrected chi connectivity index (χ3v) is 5.64. The number of rotatable bonds is 6. The maximum atomic E-state index is 13.1. The summed E-state index contributed by atoms with van der Waals surface area (Å²) in [7, 11) is 3.84. The maximum absolute atomic E-state index is 13.1. The van der Waals surface area contributed by atoms with E-state index in [0.29, 0.717) is 17.8 Å². The van der Waals surface area contributed by atoms with E-state index in [4.69, 9.17) is 15.9 Å². The lowest BCUT2D eigenvalue weighted by molar-refractivity contribution is -0.120. The second-order valence-electron chi connectivity index (χ2n) is 8.72. The second-order valence-corrected chi connectivity index (χ2v) is 8.72. The van der Waals surface area contributed by atoms with Gasteiger partial charge in [0.25, 0.3) is 0 Å². The van der Waals surface area contributed by atoms with Crippen molar-refractivity contribution in [1.29, 1.82) is 5.41 Å². The van der Waals surface area contributed by atoms with E-state index >= 15 is 0 Å². The summed E-state index contributed by atoms with van der Waals surface area (Å²) < 4.78 is 5.88. The molecule has 3 rings (SSSR count). The molecule has 1 saturated carbocycles. The number of benzene rings is 1. The first kappa shape index (κ1) is 21.8. The van der Waals surface area contributed by atoms with Gasteiger partial charge >= 0.3 is 6.09 Å². The van der Waals surface area contributed by atoms with Crippen LogP contribution < -0.4 is 11.1 Å². The van der Waals surface area contributed by atoms with Gasteiger partial charge in [-0.25, -0.2) is 4.79 Å². The zero-order valence-electron chi connectivity index (χ0n) is 18.1. The Morgan fingerprint density at radius 2 is 1.93 bits per heavy atom. The first-order valence-electron chi connectivity index (χ1n) is 10.2. The molecule has 1 aliphatic heterocycles. The van der Waals surface area contributed by atoms with E-state index in [1.165, 1.54) is 4.90 Å². The minimum atomic E-state index is -0.831. The zero-order chi connectivity index (χ0) is 22.1. The summed E-state index contributed by atoms with van der Waals surface area (Å²) in [5.41, 5.74) is 7.23. The quantitative estimate of drug-likeness (QED) is 0.489. The van der Waals surface area contributed by atoms with Crippen molar-refractivity contribution in [2.45, 2.75) is 38.3 Å².